The van der Waals surface area contributed by atoms with Crippen molar-refractivity contribution in [3.05, 3.63) is 0 Å². The maximum absolute atomic E-state index is 11.6. The fourth-order valence-electron chi connectivity index (χ4n) is 1.04. The molecule has 0 spiro atoms. The summed E-state index contributed by atoms with van der Waals surface area (Å²) in [6, 6.07) is 0. The van der Waals surface area contributed by atoms with E-state index in [1.54, 1.807) is 6.92 Å². The Morgan fingerprint density at radius 1 is 1.21 bits per heavy atom. The number of carbonyl (C=O) groups excluding carboxylic acids is 3. The number of hydrogen-bond acceptors (Lipinski definition) is 8. The zero-order valence-corrected chi connectivity index (χ0v) is 11.3. The Morgan fingerprint density at radius 3 is 2.26 bits per heavy atom. The molecule has 4 N–H and O–H groups in total. The van der Waals surface area contributed by atoms with Crippen LogP contribution in [0.1, 0.15) is 27.2 Å². The fraction of sp³-hybridized carbons (Fsp3) is 0.727. The molecule has 110 valence electrons. The first-order valence-electron chi connectivity index (χ1n) is 5.79. The topological polar surface area (TPSA) is 131 Å². The van der Waals surface area contributed by atoms with E-state index in [0.717, 1.165) is 0 Å². The van der Waals surface area contributed by atoms with Crippen LogP contribution in [0.5, 0.6) is 0 Å². The lowest BCUT2D eigenvalue weighted by Crippen LogP contribution is -2.58. The second-order valence-electron chi connectivity index (χ2n) is 3.93. The highest BCUT2D eigenvalue weighted by Crippen LogP contribution is 2.06. The van der Waals surface area contributed by atoms with E-state index in [2.05, 4.69) is 9.47 Å². The first-order chi connectivity index (χ1) is 8.70. The smallest absolute Gasteiger partial charge is 0.347 e. The first kappa shape index (κ1) is 17.3. The molecule has 1 unspecified atom stereocenters. The summed E-state index contributed by atoms with van der Waals surface area (Å²) in [5, 5.41) is 0. The molecule has 0 heterocycles. The third-order valence-electron chi connectivity index (χ3n) is 2.10. The largest absolute Gasteiger partial charge is 0.466 e. The highest BCUT2D eigenvalue weighted by Gasteiger charge is 2.34. The standard InChI is InChI=1S/C11H20N2O6/c1-4-17-9(15)7(2)19-10(16)11(12,13)5-6-18-8(3)14/h7H,4-6,12-13H2,1-3H3. The van der Waals surface area contributed by atoms with E-state index >= 15 is 0 Å². The quantitative estimate of drug-likeness (QED) is 0.345. The van der Waals surface area contributed by atoms with Crippen LogP contribution in [0.2, 0.25) is 0 Å². The minimum absolute atomic E-state index is 0.120. The predicted octanol–water partition coefficient (Wildman–Crippen LogP) is -0.952. The van der Waals surface area contributed by atoms with Gasteiger partial charge in [-0.25, -0.2) is 9.59 Å². The summed E-state index contributed by atoms with van der Waals surface area (Å²) in [4.78, 5) is 33.5. The lowest BCUT2D eigenvalue weighted by molar-refractivity contribution is -0.170. The van der Waals surface area contributed by atoms with E-state index in [0.29, 0.717) is 0 Å². The molecule has 8 heteroatoms. The van der Waals surface area contributed by atoms with Gasteiger partial charge in [-0.05, 0) is 13.8 Å². The van der Waals surface area contributed by atoms with E-state index in [1.807, 2.05) is 0 Å². The van der Waals surface area contributed by atoms with Gasteiger partial charge >= 0.3 is 17.9 Å². The summed E-state index contributed by atoms with van der Waals surface area (Å²) < 4.78 is 14.1. The maximum Gasteiger partial charge on any atom is 0.347 e. The van der Waals surface area contributed by atoms with Crippen molar-refractivity contribution >= 4 is 17.9 Å². The summed E-state index contributed by atoms with van der Waals surface area (Å²) in [7, 11) is 0. The number of carbonyl (C=O) groups is 3. The van der Waals surface area contributed by atoms with Crippen molar-refractivity contribution in [2.24, 2.45) is 11.5 Å². The van der Waals surface area contributed by atoms with Gasteiger partial charge in [-0.3, -0.25) is 4.79 Å². The molecule has 0 fully saturated rings. The first-order valence-corrected chi connectivity index (χ1v) is 5.79. The van der Waals surface area contributed by atoms with Crippen LogP contribution in [-0.2, 0) is 28.6 Å². The van der Waals surface area contributed by atoms with Crippen LogP contribution in [0, 0.1) is 0 Å². The monoisotopic (exact) mass is 276 g/mol. The van der Waals surface area contributed by atoms with E-state index in [1.165, 1.54) is 13.8 Å². The van der Waals surface area contributed by atoms with Gasteiger partial charge in [0, 0.05) is 13.3 Å². The van der Waals surface area contributed by atoms with Gasteiger partial charge in [0.1, 0.15) is 0 Å². The Bertz CT molecular complexity index is 342. The Morgan fingerprint density at radius 2 is 1.79 bits per heavy atom. The van der Waals surface area contributed by atoms with Crippen LogP contribution < -0.4 is 11.5 Å². The average Bonchev–Trinajstić information content (AvgIpc) is 2.28. The van der Waals surface area contributed by atoms with Gasteiger partial charge in [0.25, 0.3) is 0 Å². The number of esters is 3. The van der Waals surface area contributed by atoms with E-state index in [-0.39, 0.29) is 19.6 Å². The van der Waals surface area contributed by atoms with Gasteiger partial charge in [0.05, 0.1) is 13.2 Å². The Balaban J connectivity index is 4.30. The van der Waals surface area contributed by atoms with Crippen molar-refractivity contribution in [2.75, 3.05) is 13.2 Å². The van der Waals surface area contributed by atoms with Gasteiger partial charge in [-0.2, -0.15) is 0 Å². The molecule has 0 saturated carbocycles. The van der Waals surface area contributed by atoms with Crippen LogP contribution in [0.3, 0.4) is 0 Å². The number of ether oxygens (including phenoxy) is 3. The fourth-order valence-corrected chi connectivity index (χ4v) is 1.04. The minimum Gasteiger partial charge on any atom is -0.466 e. The number of rotatable bonds is 7. The van der Waals surface area contributed by atoms with Crippen LogP contribution in [-0.4, -0.2) is 42.9 Å². The third-order valence-corrected chi connectivity index (χ3v) is 2.10. The van der Waals surface area contributed by atoms with Crippen LogP contribution in [0.4, 0.5) is 0 Å². The number of nitrogens with two attached hydrogens (primary N) is 2. The molecule has 19 heavy (non-hydrogen) atoms. The van der Waals surface area contributed by atoms with Gasteiger partial charge in [0.15, 0.2) is 11.8 Å². The van der Waals surface area contributed by atoms with Crippen LogP contribution >= 0.6 is 0 Å². The molecule has 0 rings (SSSR count). The van der Waals surface area contributed by atoms with Gasteiger partial charge in [-0.15, -0.1) is 0 Å². The Hall–Kier alpha value is -1.67. The molecule has 8 nitrogen and oxygen atoms in total. The van der Waals surface area contributed by atoms with E-state index in [4.69, 9.17) is 16.2 Å². The molecular weight excluding hydrogens is 256 g/mol. The third kappa shape index (κ3) is 6.73. The summed E-state index contributed by atoms with van der Waals surface area (Å²) in [5.41, 5.74) is 9.22. The lowest BCUT2D eigenvalue weighted by atomic mass is 10.1. The molecule has 0 aliphatic rings. The van der Waals surface area contributed by atoms with Gasteiger partial charge in [-0.1, -0.05) is 0 Å². The highest BCUT2D eigenvalue weighted by atomic mass is 16.6. The van der Waals surface area contributed by atoms with Crippen LogP contribution in [0.15, 0.2) is 0 Å². The summed E-state index contributed by atoms with van der Waals surface area (Å²) >= 11 is 0. The number of hydrogen-bond donors (Lipinski definition) is 2. The molecule has 0 bridgehead atoms. The molecule has 0 saturated heterocycles. The van der Waals surface area contributed by atoms with Gasteiger partial charge in [0.2, 0.25) is 0 Å². The maximum atomic E-state index is 11.6. The van der Waals surface area contributed by atoms with Crippen molar-refractivity contribution in [3.63, 3.8) is 0 Å². The second kappa shape index (κ2) is 7.70. The second-order valence-corrected chi connectivity index (χ2v) is 3.93. The lowest BCUT2D eigenvalue weighted by Gasteiger charge is -2.23. The zero-order valence-electron chi connectivity index (χ0n) is 11.3. The van der Waals surface area contributed by atoms with Crippen molar-refractivity contribution in [2.45, 2.75) is 39.0 Å². The van der Waals surface area contributed by atoms with Crippen molar-refractivity contribution < 1.29 is 28.6 Å². The Kier molecular flexibility index (Phi) is 7.02. The minimum atomic E-state index is -1.84. The van der Waals surface area contributed by atoms with Gasteiger partial charge < -0.3 is 25.7 Å². The summed E-state index contributed by atoms with van der Waals surface area (Å²) in [6.07, 6.45) is -1.23. The molecule has 0 aliphatic carbocycles. The molecule has 0 aromatic rings. The van der Waals surface area contributed by atoms with Crippen molar-refractivity contribution in [1.82, 2.24) is 0 Å². The van der Waals surface area contributed by atoms with Crippen molar-refractivity contribution in [3.8, 4) is 0 Å². The molecule has 0 aromatic heterocycles. The average molecular weight is 276 g/mol. The van der Waals surface area contributed by atoms with Crippen molar-refractivity contribution in [1.29, 1.82) is 0 Å². The summed E-state index contributed by atoms with van der Waals surface area (Å²) in [5.74, 6) is -2.17. The van der Waals surface area contributed by atoms with E-state index in [9.17, 15) is 14.4 Å². The normalized spacial score (nSPS) is 12.5. The molecule has 0 radical (unpaired) electrons. The van der Waals surface area contributed by atoms with E-state index < -0.39 is 29.7 Å². The molecular formula is C11H20N2O6. The highest BCUT2D eigenvalue weighted by molar-refractivity contribution is 5.83. The molecule has 0 amide bonds. The Labute approximate surface area is 111 Å². The molecule has 1 atom stereocenters. The SMILES string of the molecule is CCOC(=O)C(C)OC(=O)C(N)(N)CCOC(C)=O. The summed E-state index contributed by atoms with van der Waals surface area (Å²) in [6.45, 7) is 4.24. The zero-order chi connectivity index (χ0) is 15.1. The molecule has 0 aliphatic heterocycles. The molecule has 0 aromatic carbocycles. The van der Waals surface area contributed by atoms with Crippen LogP contribution in [0.25, 0.3) is 0 Å². The predicted molar refractivity (Wildman–Crippen MR) is 64.5 cm³/mol.